The maximum absolute atomic E-state index is 13.3. The second-order valence-electron chi connectivity index (χ2n) is 5.95. The highest BCUT2D eigenvalue weighted by molar-refractivity contribution is 7.17. The number of aromatic nitrogens is 3. The average Bonchev–Trinajstić information content (AvgIpc) is 3.17. The first-order chi connectivity index (χ1) is 13.1. The molecule has 0 bridgehead atoms. The minimum absolute atomic E-state index is 0.170. The SMILES string of the molecule is C=C(c1ccccc1C#N)c1nc2ccsc2c(=O)n1-c1cccnc1C. The van der Waals surface area contributed by atoms with E-state index in [2.05, 4.69) is 17.6 Å². The van der Waals surface area contributed by atoms with Crippen LogP contribution in [0.5, 0.6) is 0 Å². The number of aryl methyl sites for hydroxylation is 1. The Morgan fingerprint density at radius 2 is 2.04 bits per heavy atom. The van der Waals surface area contributed by atoms with E-state index in [-0.39, 0.29) is 5.56 Å². The molecule has 0 spiro atoms. The molecule has 4 rings (SSSR count). The molecule has 130 valence electrons. The summed E-state index contributed by atoms with van der Waals surface area (Å²) in [5.74, 6) is 0.407. The summed E-state index contributed by atoms with van der Waals surface area (Å²) in [6, 6.07) is 14.8. The fraction of sp³-hybridized carbons (Fsp3) is 0.0476. The second-order valence-corrected chi connectivity index (χ2v) is 6.87. The van der Waals surface area contributed by atoms with Crippen LogP contribution >= 0.6 is 11.3 Å². The monoisotopic (exact) mass is 370 g/mol. The van der Waals surface area contributed by atoms with Crippen molar-refractivity contribution >= 4 is 27.1 Å². The zero-order valence-electron chi connectivity index (χ0n) is 14.5. The van der Waals surface area contributed by atoms with Crippen LogP contribution in [-0.2, 0) is 0 Å². The molecule has 0 amide bonds. The molecule has 0 unspecified atom stereocenters. The number of hydrogen-bond donors (Lipinski definition) is 0. The first kappa shape index (κ1) is 16.9. The van der Waals surface area contributed by atoms with Gasteiger partial charge in [0.2, 0.25) is 0 Å². The van der Waals surface area contributed by atoms with Gasteiger partial charge in [0.25, 0.3) is 5.56 Å². The molecular weight excluding hydrogens is 356 g/mol. The molecule has 0 atom stereocenters. The standard InChI is InChI=1S/C21H14N4OS/c1-13(16-7-4-3-6-15(16)12-22)20-24-17-9-11-27-19(17)21(26)25(20)18-8-5-10-23-14(18)2/h3-11H,1H2,2H3. The lowest BCUT2D eigenvalue weighted by molar-refractivity contribution is 0.915. The Morgan fingerprint density at radius 1 is 1.22 bits per heavy atom. The molecule has 0 radical (unpaired) electrons. The van der Waals surface area contributed by atoms with E-state index in [0.29, 0.717) is 44.1 Å². The largest absolute Gasteiger partial charge is 0.276 e. The molecule has 6 heteroatoms. The Morgan fingerprint density at radius 3 is 2.81 bits per heavy atom. The quantitative estimate of drug-likeness (QED) is 0.545. The van der Waals surface area contributed by atoms with Crippen LogP contribution in [0.3, 0.4) is 0 Å². The van der Waals surface area contributed by atoms with Crippen LogP contribution in [0.1, 0.15) is 22.6 Å². The summed E-state index contributed by atoms with van der Waals surface area (Å²) in [6.07, 6.45) is 1.68. The van der Waals surface area contributed by atoms with E-state index in [1.54, 1.807) is 24.4 Å². The van der Waals surface area contributed by atoms with Crippen molar-refractivity contribution in [2.75, 3.05) is 0 Å². The number of nitriles is 1. The molecule has 0 fully saturated rings. The summed E-state index contributed by atoms with van der Waals surface area (Å²) in [7, 11) is 0. The first-order valence-corrected chi connectivity index (χ1v) is 9.11. The molecule has 0 saturated heterocycles. The highest BCUT2D eigenvalue weighted by Crippen LogP contribution is 2.27. The number of pyridine rings is 1. The summed E-state index contributed by atoms with van der Waals surface area (Å²) >= 11 is 1.35. The molecule has 3 aromatic heterocycles. The predicted molar refractivity (Wildman–Crippen MR) is 107 cm³/mol. The number of fused-ring (bicyclic) bond motifs is 1. The highest BCUT2D eigenvalue weighted by atomic mass is 32.1. The number of thiophene rings is 1. The van der Waals surface area contributed by atoms with Gasteiger partial charge in [0.05, 0.1) is 28.5 Å². The average molecular weight is 370 g/mol. The maximum Gasteiger partial charge on any atom is 0.276 e. The molecule has 0 saturated carbocycles. The van der Waals surface area contributed by atoms with Crippen LogP contribution < -0.4 is 5.56 Å². The highest BCUT2D eigenvalue weighted by Gasteiger charge is 2.19. The van der Waals surface area contributed by atoms with Crippen molar-refractivity contribution in [2.24, 2.45) is 0 Å². The fourth-order valence-electron chi connectivity index (χ4n) is 3.01. The van der Waals surface area contributed by atoms with Gasteiger partial charge < -0.3 is 0 Å². The second kappa shape index (κ2) is 6.63. The van der Waals surface area contributed by atoms with Crippen molar-refractivity contribution in [3.63, 3.8) is 0 Å². The van der Waals surface area contributed by atoms with Gasteiger partial charge in [-0.25, -0.2) is 4.98 Å². The van der Waals surface area contributed by atoms with E-state index in [1.807, 2.05) is 36.6 Å². The minimum atomic E-state index is -0.170. The van der Waals surface area contributed by atoms with E-state index in [1.165, 1.54) is 15.9 Å². The van der Waals surface area contributed by atoms with Gasteiger partial charge in [-0.05, 0) is 36.6 Å². The van der Waals surface area contributed by atoms with Gasteiger partial charge in [-0.15, -0.1) is 11.3 Å². The van der Waals surface area contributed by atoms with Gasteiger partial charge in [0.1, 0.15) is 10.5 Å². The van der Waals surface area contributed by atoms with Gasteiger partial charge in [-0.3, -0.25) is 14.3 Å². The fourth-order valence-corrected chi connectivity index (χ4v) is 3.77. The van der Waals surface area contributed by atoms with Crippen molar-refractivity contribution in [2.45, 2.75) is 6.92 Å². The van der Waals surface area contributed by atoms with Gasteiger partial charge in [-0.2, -0.15) is 5.26 Å². The van der Waals surface area contributed by atoms with Gasteiger partial charge in [0.15, 0.2) is 0 Å². The van der Waals surface area contributed by atoms with Crippen LogP contribution in [0.4, 0.5) is 0 Å². The smallest absolute Gasteiger partial charge is 0.267 e. The molecular formula is C21H14N4OS. The van der Waals surface area contributed by atoms with Crippen molar-refractivity contribution in [1.29, 1.82) is 5.26 Å². The van der Waals surface area contributed by atoms with Crippen LogP contribution in [0.15, 0.2) is 65.4 Å². The van der Waals surface area contributed by atoms with E-state index in [0.717, 1.165) is 0 Å². The molecule has 4 aromatic rings. The summed E-state index contributed by atoms with van der Waals surface area (Å²) in [6.45, 7) is 6.00. The van der Waals surface area contributed by atoms with Crippen LogP contribution in [0.25, 0.3) is 21.5 Å². The van der Waals surface area contributed by atoms with E-state index in [4.69, 9.17) is 4.98 Å². The summed E-state index contributed by atoms with van der Waals surface area (Å²) in [5, 5.41) is 11.3. The van der Waals surface area contributed by atoms with E-state index >= 15 is 0 Å². The number of benzene rings is 1. The van der Waals surface area contributed by atoms with Crippen molar-refractivity contribution in [3.8, 4) is 11.8 Å². The summed E-state index contributed by atoms with van der Waals surface area (Å²) in [4.78, 5) is 22.3. The van der Waals surface area contributed by atoms with Crippen LogP contribution in [0.2, 0.25) is 0 Å². The van der Waals surface area contributed by atoms with Gasteiger partial charge in [-0.1, -0.05) is 24.8 Å². The number of hydrogen-bond acceptors (Lipinski definition) is 5. The Balaban J connectivity index is 2.07. The van der Waals surface area contributed by atoms with E-state index in [9.17, 15) is 10.1 Å². The van der Waals surface area contributed by atoms with Crippen molar-refractivity contribution in [1.82, 2.24) is 14.5 Å². The third-order valence-corrected chi connectivity index (χ3v) is 5.23. The molecule has 27 heavy (non-hydrogen) atoms. The van der Waals surface area contributed by atoms with Crippen molar-refractivity contribution < 1.29 is 0 Å². The predicted octanol–water partition coefficient (Wildman–Crippen LogP) is 4.08. The summed E-state index contributed by atoms with van der Waals surface area (Å²) in [5.41, 5.74) is 3.45. The topological polar surface area (TPSA) is 71.6 Å². The third kappa shape index (κ3) is 2.75. The Hall–Kier alpha value is -3.56. The Kier molecular flexibility index (Phi) is 4.15. The maximum atomic E-state index is 13.3. The zero-order valence-corrected chi connectivity index (χ0v) is 15.3. The lowest BCUT2D eigenvalue weighted by Gasteiger charge is -2.16. The Labute approximate surface area is 159 Å². The number of rotatable bonds is 3. The Bertz CT molecular complexity index is 1290. The van der Waals surface area contributed by atoms with Gasteiger partial charge >= 0.3 is 0 Å². The normalized spacial score (nSPS) is 10.7. The molecule has 0 N–H and O–H groups in total. The molecule has 3 heterocycles. The third-order valence-electron chi connectivity index (χ3n) is 4.34. The van der Waals surface area contributed by atoms with Gasteiger partial charge in [0, 0.05) is 17.3 Å². The first-order valence-electron chi connectivity index (χ1n) is 8.23. The molecule has 5 nitrogen and oxygen atoms in total. The van der Waals surface area contributed by atoms with Crippen LogP contribution in [-0.4, -0.2) is 14.5 Å². The van der Waals surface area contributed by atoms with Crippen LogP contribution in [0, 0.1) is 18.3 Å². The lowest BCUT2D eigenvalue weighted by Crippen LogP contribution is -2.24. The lowest BCUT2D eigenvalue weighted by atomic mass is 10.0. The van der Waals surface area contributed by atoms with E-state index < -0.39 is 0 Å². The molecule has 1 aromatic carbocycles. The van der Waals surface area contributed by atoms with Crippen molar-refractivity contribution in [3.05, 3.63) is 93.6 Å². The zero-order chi connectivity index (χ0) is 19.0. The number of nitrogens with zero attached hydrogens (tertiary/aromatic N) is 4. The molecule has 0 aliphatic carbocycles. The molecule has 0 aliphatic heterocycles. The minimum Gasteiger partial charge on any atom is -0.267 e. The summed E-state index contributed by atoms with van der Waals surface area (Å²) < 4.78 is 2.11. The molecule has 0 aliphatic rings.